The molecular weight excluding hydrogens is 497 g/mol. The van der Waals surface area contributed by atoms with Crippen LogP contribution in [0.5, 0.6) is 5.75 Å². The molecule has 0 fully saturated rings. The van der Waals surface area contributed by atoms with Gasteiger partial charge in [-0.15, -0.1) is 0 Å². The summed E-state index contributed by atoms with van der Waals surface area (Å²) in [5.41, 5.74) is 5.68. The van der Waals surface area contributed by atoms with Gasteiger partial charge in [-0.2, -0.15) is 5.26 Å². The van der Waals surface area contributed by atoms with Gasteiger partial charge in [0.15, 0.2) is 0 Å². The number of halogens is 1. The molecule has 0 saturated heterocycles. The molecule has 5 nitrogen and oxygen atoms in total. The number of benzene rings is 3. The lowest BCUT2D eigenvalue weighted by atomic mass is 9.99. The highest BCUT2D eigenvalue weighted by molar-refractivity contribution is 8.00. The highest BCUT2D eigenvalue weighted by Crippen LogP contribution is 2.37. The highest BCUT2D eigenvalue weighted by atomic mass is 32.2. The van der Waals surface area contributed by atoms with Crippen LogP contribution in [0.2, 0.25) is 0 Å². The van der Waals surface area contributed by atoms with E-state index >= 15 is 0 Å². The summed E-state index contributed by atoms with van der Waals surface area (Å²) in [6.07, 6.45) is 0.524. The molecule has 0 saturated carbocycles. The minimum Gasteiger partial charge on any atom is -0.497 e. The Morgan fingerprint density at radius 3 is 2.47 bits per heavy atom. The topological polar surface area (TPSA) is 75.0 Å². The average Bonchev–Trinajstić information content (AvgIpc) is 2.92. The highest BCUT2D eigenvalue weighted by Gasteiger charge is 2.24. The lowest BCUT2D eigenvalue weighted by Crippen LogP contribution is -2.25. The fourth-order valence-electron chi connectivity index (χ4n) is 4.13. The summed E-state index contributed by atoms with van der Waals surface area (Å²) in [5, 5.41) is 13.1. The largest absolute Gasteiger partial charge is 0.497 e. The Morgan fingerprint density at radius 1 is 1.08 bits per heavy atom. The van der Waals surface area contributed by atoms with E-state index < -0.39 is 11.1 Å². The fourth-order valence-corrected chi connectivity index (χ4v) is 5.16. The van der Waals surface area contributed by atoms with Crippen LogP contribution in [0.3, 0.4) is 0 Å². The van der Waals surface area contributed by atoms with Crippen LogP contribution < -0.4 is 10.1 Å². The van der Waals surface area contributed by atoms with Crippen molar-refractivity contribution in [2.45, 2.75) is 37.5 Å². The Labute approximate surface area is 226 Å². The standard InChI is InChI=1S/C31H28FN3O2S/c1-5-29(30(36)34-27-14-9-19(2)15-20(27)3)38-31-26(18-33)25(22-7-6-8-23(32)16-22)17-28(35-31)21-10-12-24(37-4)13-11-21/h6-17,29H,5H2,1-4H3,(H,34,36). The summed E-state index contributed by atoms with van der Waals surface area (Å²) >= 11 is 1.24. The van der Waals surface area contributed by atoms with Crippen LogP contribution in [0.15, 0.2) is 77.8 Å². The fraction of sp³-hybridized carbons (Fsp3) is 0.194. The zero-order valence-corrected chi connectivity index (χ0v) is 22.5. The molecule has 1 heterocycles. The van der Waals surface area contributed by atoms with Crippen LogP contribution >= 0.6 is 11.8 Å². The minimum absolute atomic E-state index is 0.169. The second-order valence-corrected chi connectivity index (χ2v) is 10.1. The Morgan fingerprint density at radius 2 is 1.84 bits per heavy atom. The van der Waals surface area contributed by atoms with Gasteiger partial charge in [0, 0.05) is 16.8 Å². The summed E-state index contributed by atoms with van der Waals surface area (Å²) in [4.78, 5) is 18.1. The molecule has 0 aliphatic carbocycles. The number of ether oxygens (including phenoxy) is 1. The van der Waals surface area contributed by atoms with Gasteiger partial charge in [-0.25, -0.2) is 9.37 Å². The molecule has 7 heteroatoms. The number of hydrogen-bond donors (Lipinski definition) is 1. The number of amides is 1. The van der Waals surface area contributed by atoms with Crippen LogP contribution in [-0.2, 0) is 4.79 Å². The normalized spacial score (nSPS) is 11.5. The third kappa shape index (κ3) is 6.04. The quantitative estimate of drug-likeness (QED) is 0.240. The van der Waals surface area contributed by atoms with Gasteiger partial charge in [0.2, 0.25) is 5.91 Å². The maximum absolute atomic E-state index is 14.2. The molecule has 0 spiro atoms. The van der Waals surface area contributed by atoms with Gasteiger partial charge >= 0.3 is 0 Å². The molecule has 0 aliphatic rings. The van der Waals surface area contributed by atoms with E-state index in [1.165, 1.54) is 23.9 Å². The van der Waals surface area contributed by atoms with Crippen molar-refractivity contribution in [1.29, 1.82) is 5.26 Å². The summed E-state index contributed by atoms with van der Waals surface area (Å²) in [7, 11) is 1.60. The Bertz CT molecular complexity index is 1510. The predicted molar refractivity (Wildman–Crippen MR) is 151 cm³/mol. The number of carbonyl (C=O) groups excluding carboxylic acids is 1. The van der Waals surface area contributed by atoms with Gasteiger partial charge in [0.25, 0.3) is 0 Å². The molecule has 4 rings (SSSR count). The maximum atomic E-state index is 14.2. The number of rotatable bonds is 8. The summed E-state index contributed by atoms with van der Waals surface area (Å²) in [6, 6.07) is 23.4. The van der Waals surface area contributed by atoms with Crippen LogP contribution in [0.4, 0.5) is 10.1 Å². The number of nitrogens with zero attached hydrogens (tertiary/aromatic N) is 2. The average molecular weight is 526 g/mol. The number of thioether (sulfide) groups is 1. The third-order valence-electron chi connectivity index (χ3n) is 6.18. The van der Waals surface area contributed by atoms with Crippen molar-refractivity contribution in [2.24, 2.45) is 0 Å². The zero-order chi connectivity index (χ0) is 27.2. The molecule has 3 aromatic carbocycles. The first-order valence-electron chi connectivity index (χ1n) is 12.2. The van der Waals surface area contributed by atoms with E-state index in [9.17, 15) is 14.4 Å². The summed E-state index contributed by atoms with van der Waals surface area (Å²) in [6.45, 7) is 5.88. The Balaban J connectivity index is 1.77. The lowest BCUT2D eigenvalue weighted by Gasteiger charge is -2.18. The van der Waals surface area contributed by atoms with Crippen molar-refractivity contribution >= 4 is 23.4 Å². The van der Waals surface area contributed by atoms with Crippen LogP contribution in [-0.4, -0.2) is 23.3 Å². The van der Waals surface area contributed by atoms with E-state index in [2.05, 4.69) is 11.4 Å². The lowest BCUT2D eigenvalue weighted by molar-refractivity contribution is -0.115. The maximum Gasteiger partial charge on any atom is 0.237 e. The molecule has 0 aliphatic heterocycles. The first-order chi connectivity index (χ1) is 18.3. The smallest absolute Gasteiger partial charge is 0.237 e. The van der Waals surface area contributed by atoms with Crippen molar-refractivity contribution in [3.8, 4) is 34.2 Å². The van der Waals surface area contributed by atoms with E-state index in [0.717, 1.165) is 22.4 Å². The molecule has 192 valence electrons. The van der Waals surface area contributed by atoms with E-state index in [4.69, 9.17) is 9.72 Å². The number of aryl methyl sites for hydroxylation is 2. The summed E-state index contributed by atoms with van der Waals surface area (Å²) < 4.78 is 19.4. The predicted octanol–water partition coefficient (Wildman–Crippen LogP) is 7.56. The van der Waals surface area contributed by atoms with Crippen molar-refractivity contribution in [3.63, 3.8) is 0 Å². The molecule has 38 heavy (non-hydrogen) atoms. The first-order valence-corrected chi connectivity index (χ1v) is 13.1. The molecule has 1 N–H and O–H groups in total. The minimum atomic E-state index is -0.498. The molecule has 4 aromatic rings. The van der Waals surface area contributed by atoms with Crippen LogP contribution in [0, 0.1) is 31.0 Å². The van der Waals surface area contributed by atoms with Crippen LogP contribution in [0.1, 0.15) is 30.0 Å². The SMILES string of the molecule is CCC(Sc1nc(-c2ccc(OC)cc2)cc(-c2cccc(F)c2)c1C#N)C(=O)Nc1ccc(C)cc1C. The van der Waals surface area contributed by atoms with Gasteiger partial charge in [-0.05, 0) is 79.9 Å². The van der Waals surface area contributed by atoms with Gasteiger partial charge in [0.05, 0.1) is 23.6 Å². The van der Waals surface area contributed by atoms with Crippen molar-refractivity contribution in [3.05, 3.63) is 95.3 Å². The van der Waals surface area contributed by atoms with Gasteiger partial charge in [-0.1, -0.05) is 48.5 Å². The second kappa shape index (κ2) is 11.9. The number of nitriles is 1. The number of aromatic nitrogens is 1. The molecule has 1 aromatic heterocycles. The van der Waals surface area contributed by atoms with Gasteiger partial charge < -0.3 is 10.1 Å². The zero-order valence-electron chi connectivity index (χ0n) is 21.7. The van der Waals surface area contributed by atoms with E-state index in [1.54, 1.807) is 25.3 Å². The molecule has 1 atom stereocenters. The number of pyridine rings is 1. The number of nitrogens with one attached hydrogen (secondary N) is 1. The number of anilines is 1. The summed E-state index contributed by atoms with van der Waals surface area (Å²) in [5.74, 6) is 0.136. The third-order valence-corrected chi connectivity index (χ3v) is 7.53. The monoisotopic (exact) mass is 525 g/mol. The molecule has 1 amide bonds. The van der Waals surface area contributed by atoms with E-state index in [0.29, 0.717) is 39.6 Å². The molecule has 0 bridgehead atoms. The number of hydrogen-bond acceptors (Lipinski definition) is 5. The van der Waals surface area contributed by atoms with E-state index in [-0.39, 0.29) is 5.91 Å². The van der Waals surface area contributed by atoms with Crippen LogP contribution in [0.25, 0.3) is 22.4 Å². The molecule has 1 unspecified atom stereocenters. The first kappa shape index (κ1) is 26.9. The Hall–Kier alpha value is -4.15. The van der Waals surface area contributed by atoms with Gasteiger partial charge in [-0.3, -0.25) is 4.79 Å². The van der Waals surface area contributed by atoms with Crippen molar-refractivity contribution in [1.82, 2.24) is 4.98 Å². The number of carbonyl (C=O) groups is 1. The Kier molecular flexibility index (Phi) is 8.45. The van der Waals surface area contributed by atoms with Crippen molar-refractivity contribution < 1.29 is 13.9 Å². The van der Waals surface area contributed by atoms with E-state index in [1.807, 2.05) is 63.2 Å². The van der Waals surface area contributed by atoms with Gasteiger partial charge in [0.1, 0.15) is 22.7 Å². The number of methoxy groups -OCH3 is 1. The van der Waals surface area contributed by atoms with Crippen molar-refractivity contribution in [2.75, 3.05) is 12.4 Å². The molecular formula is C31H28FN3O2S. The second-order valence-electron chi connectivity index (χ2n) is 8.91. The molecule has 0 radical (unpaired) electrons.